The van der Waals surface area contributed by atoms with Gasteiger partial charge in [0.15, 0.2) is 5.82 Å². The summed E-state index contributed by atoms with van der Waals surface area (Å²) in [5, 5.41) is 7.83. The minimum absolute atomic E-state index is 0.365. The Hall–Kier alpha value is -0.940. The van der Waals surface area contributed by atoms with Gasteiger partial charge < -0.3 is 10.1 Å². The van der Waals surface area contributed by atoms with E-state index in [4.69, 9.17) is 4.74 Å². The molecule has 0 amide bonds. The first-order valence-electron chi connectivity index (χ1n) is 6.37. The molecule has 2 rings (SSSR count). The molecule has 0 spiro atoms. The summed E-state index contributed by atoms with van der Waals surface area (Å²) in [6, 6.07) is 0.567. The van der Waals surface area contributed by atoms with Crippen LogP contribution < -0.4 is 5.32 Å². The number of hydrogen-bond donors (Lipinski definition) is 1. The molecule has 2 unspecified atom stereocenters. The van der Waals surface area contributed by atoms with Gasteiger partial charge in [-0.05, 0) is 26.7 Å². The summed E-state index contributed by atoms with van der Waals surface area (Å²) in [6.07, 6.45) is 5.56. The van der Waals surface area contributed by atoms with Crippen LogP contribution in [0.2, 0.25) is 0 Å². The van der Waals surface area contributed by atoms with Crippen LogP contribution in [0.1, 0.15) is 32.5 Å². The molecule has 1 N–H and O–H groups in total. The number of nitrogens with one attached hydrogen (secondary N) is 1. The molecule has 1 saturated heterocycles. The van der Waals surface area contributed by atoms with Crippen molar-refractivity contribution in [2.24, 2.45) is 7.05 Å². The van der Waals surface area contributed by atoms with Crippen LogP contribution in [0.5, 0.6) is 0 Å². The van der Waals surface area contributed by atoms with Gasteiger partial charge in [0.05, 0.1) is 12.2 Å². The average molecular weight is 238 g/mol. The van der Waals surface area contributed by atoms with Crippen molar-refractivity contribution >= 4 is 0 Å². The number of aryl methyl sites for hydroxylation is 1. The molecule has 0 bridgehead atoms. The van der Waals surface area contributed by atoms with Gasteiger partial charge >= 0.3 is 0 Å². The van der Waals surface area contributed by atoms with Crippen LogP contribution in [0, 0.1) is 0 Å². The molecule has 1 fully saturated rings. The second kappa shape index (κ2) is 5.60. The lowest BCUT2D eigenvalue weighted by Gasteiger charge is -2.32. The second-order valence-electron chi connectivity index (χ2n) is 4.96. The molecule has 2 atom stereocenters. The summed E-state index contributed by atoms with van der Waals surface area (Å²) in [5.74, 6) is 0.910. The predicted molar refractivity (Wildman–Crippen MR) is 65.7 cm³/mol. The fourth-order valence-corrected chi connectivity index (χ4v) is 2.46. The van der Waals surface area contributed by atoms with E-state index in [1.807, 2.05) is 7.05 Å². The maximum Gasteiger partial charge on any atom is 0.151 e. The third-order valence-electron chi connectivity index (χ3n) is 3.13. The molecule has 1 aliphatic rings. The van der Waals surface area contributed by atoms with E-state index in [9.17, 15) is 0 Å². The lowest BCUT2D eigenvalue weighted by atomic mass is 10.00. The summed E-state index contributed by atoms with van der Waals surface area (Å²) < 4.78 is 7.46. The summed E-state index contributed by atoms with van der Waals surface area (Å²) in [6.45, 7) is 5.23. The zero-order valence-corrected chi connectivity index (χ0v) is 10.9. The van der Waals surface area contributed by atoms with E-state index >= 15 is 0 Å². The van der Waals surface area contributed by atoms with Gasteiger partial charge in [0.2, 0.25) is 0 Å². The van der Waals surface area contributed by atoms with Gasteiger partial charge in [-0.2, -0.15) is 5.10 Å². The van der Waals surface area contributed by atoms with Gasteiger partial charge in [-0.1, -0.05) is 0 Å². The zero-order valence-electron chi connectivity index (χ0n) is 10.9. The van der Waals surface area contributed by atoms with Crippen LogP contribution in [0.3, 0.4) is 0 Å². The number of aromatic nitrogens is 3. The smallest absolute Gasteiger partial charge is 0.151 e. The second-order valence-corrected chi connectivity index (χ2v) is 4.96. The van der Waals surface area contributed by atoms with Crippen LogP contribution in [0.25, 0.3) is 0 Å². The Balaban J connectivity index is 1.71. The maximum atomic E-state index is 5.72. The van der Waals surface area contributed by atoms with E-state index in [0.29, 0.717) is 18.2 Å². The van der Waals surface area contributed by atoms with Crippen molar-refractivity contribution in [2.45, 2.75) is 51.4 Å². The van der Waals surface area contributed by atoms with E-state index < -0.39 is 0 Å². The molecular formula is C12H22N4O. The summed E-state index contributed by atoms with van der Waals surface area (Å²) in [5.41, 5.74) is 0. The van der Waals surface area contributed by atoms with E-state index in [0.717, 1.165) is 31.6 Å². The van der Waals surface area contributed by atoms with E-state index in [1.165, 1.54) is 0 Å². The lowest BCUT2D eigenvalue weighted by molar-refractivity contribution is -0.0419. The van der Waals surface area contributed by atoms with Crippen LogP contribution in [-0.2, 0) is 18.2 Å². The van der Waals surface area contributed by atoms with Crippen molar-refractivity contribution < 1.29 is 4.74 Å². The van der Waals surface area contributed by atoms with E-state index in [1.54, 1.807) is 11.0 Å². The zero-order chi connectivity index (χ0) is 12.3. The number of nitrogens with zero attached hydrogens (tertiary/aromatic N) is 3. The molecule has 0 saturated carbocycles. The molecule has 0 radical (unpaired) electrons. The van der Waals surface area contributed by atoms with Crippen molar-refractivity contribution in [1.82, 2.24) is 20.1 Å². The molecule has 0 aliphatic carbocycles. The maximum absolute atomic E-state index is 5.72. The van der Waals surface area contributed by atoms with E-state index in [2.05, 4.69) is 29.2 Å². The summed E-state index contributed by atoms with van der Waals surface area (Å²) in [7, 11) is 1.89. The standard InChI is InChI=1S/C12H22N4O/c1-9-6-11(7-10(2)17-9)13-5-4-12-14-8-16(3)15-12/h8-11,13H,4-7H2,1-3H3. The fraction of sp³-hybridized carbons (Fsp3) is 0.833. The Bertz CT molecular complexity index is 342. The molecule has 1 aliphatic heterocycles. The number of hydrogen-bond acceptors (Lipinski definition) is 4. The van der Waals surface area contributed by atoms with Gasteiger partial charge in [-0.15, -0.1) is 0 Å². The van der Waals surface area contributed by atoms with E-state index in [-0.39, 0.29) is 0 Å². The van der Waals surface area contributed by atoms with Crippen molar-refractivity contribution in [3.05, 3.63) is 12.2 Å². The first-order chi connectivity index (χ1) is 8.13. The topological polar surface area (TPSA) is 52.0 Å². The van der Waals surface area contributed by atoms with Crippen molar-refractivity contribution in [3.8, 4) is 0 Å². The first-order valence-corrected chi connectivity index (χ1v) is 6.37. The first kappa shape index (κ1) is 12.5. The molecule has 17 heavy (non-hydrogen) atoms. The quantitative estimate of drug-likeness (QED) is 0.847. The van der Waals surface area contributed by atoms with Crippen molar-refractivity contribution in [2.75, 3.05) is 6.54 Å². The minimum Gasteiger partial charge on any atom is -0.375 e. The molecule has 1 aromatic rings. The van der Waals surface area contributed by atoms with Crippen LogP contribution in [-0.4, -0.2) is 39.6 Å². The highest BCUT2D eigenvalue weighted by Crippen LogP contribution is 2.18. The highest BCUT2D eigenvalue weighted by Gasteiger charge is 2.23. The van der Waals surface area contributed by atoms with Gasteiger partial charge in [-0.25, -0.2) is 4.98 Å². The Labute approximate surface area is 103 Å². The molecule has 2 heterocycles. The van der Waals surface area contributed by atoms with Crippen molar-refractivity contribution in [3.63, 3.8) is 0 Å². The average Bonchev–Trinajstić information content (AvgIpc) is 2.63. The van der Waals surface area contributed by atoms with Gasteiger partial charge in [0.25, 0.3) is 0 Å². The Morgan fingerprint density at radius 3 is 2.71 bits per heavy atom. The molecule has 0 aromatic carbocycles. The third kappa shape index (κ3) is 3.78. The molecule has 5 nitrogen and oxygen atoms in total. The molecular weight excluding hydrogens is 216 g/mol. The largest absolute Gasteiger partial charge is 0.375 e. The van der Waals surface area contributed by atoms with Crippen molar-refractivity contribution in [1.29, 1.82) is 0 Å². The monoisotopic (exact) mass is 238 g/mol. The predicted octanol–water partition coefficient (Wildman–Crippen LogP) is 0.903. The Morgan fingerprint density at radius 1 is 1.41 bits per heavy atom. The van der Waals surface area contributed by atoms with Crippen LogP contribution >= 0.6 is 0 Å². The van der Waals surface area contributed by atoms with Gasteiger partial charge in [-0.3, -0.25) is 4.68 Å². The summed E-state index contributed by atoms with van der Waals surface area (Å²) in [4.78, 5) is 4.22. The van der Waals surface area contributed by atoms with Crippen LogP contribution in [0.4, 0.5) is 0 Å². The Kier molecular flexibility index (Phi) is 4.12. The fourth-order valence-electron chi connectivity index (χ4n) is 2.46. The SMILES string of the molecule is CC1CC(NCCc2ncn(C)n2)CC(C)O1. The Morgan fingerprint density at radius 2 is 2.12 bits per heavy atom. The third-order valence-corrected chi connectivity index (χ3v) is 3.13. The normalized spacial score (nSPS) is 29.5. The number of rotatable bonds is 4. The highest BCUT2D eigenvalue weighted by molar-refractivity contribution is 4.84. The molecule has 1 aromatic heterocycles. The number of ether oxygens (including phenoxy) is 1. The van der Waals surface area contributed by atoms with Crippen LogP contribution in [0.15, 0.2) is 6.33 Å². The minimum atomic E-state index is 0.365. The van der Waals surface area contributed by atoms with Gasteiger partial charge in [0.1, 0.15) is 6.33 Å². The highest BCUT2D eigenvalue weighted by atomic mass is 16.5. The van der Waals surface area contributed by atoms with Gasteiger partial charge in [0, 0.05) is 26.1 Å². The lowest BCUT2D eigenvalue weighted by Crippen LogP contribution is -2.42. The molecule has 96 valence electrons. The summed E-state index contributed by atoms with van der Waals surface area (Å²) >= 11 is 0. The molecule has 5 heteroatoms.